The normalized spacial score (nSPS) is 15.5. The quantitative estimate of drug-likeness (QED) is 0.243. The van der Waals surface area contributed by atoms with Crippen molar-refractivity contribution in [1.29, 1.82) is 0 Å². The number of carbonyl (C=O) groups excluding carboxylic acids is 3. The molecule has 3 heterocycles. The number of piperazine rings is 1. The number of para-hydroxylation sites is 2. The van der Waals surface area contributed by atoms with Crippen molar-refractivity contribution in [1.82, 2.24) is 15.1 Å². The first-order chi connectivity index (χ1) is 23.9. The molecule has 1 N–H and O–H groups in total. The molecule has 10 nitrogen and oxygen atoms in total. The average molecular weight is 659 g/mol. The van der Waals surface area contributed by atoms with Crippen LogP contribution in [0.15, 0.2) is 100 Å². The van der Waals surface area contributed by atoms with E-state index in [1.54, 1.807) is 23.1 Å². The molecule has 0 bridgehead atoms. The second-order valence-corrected chi connectivity index (χ2v) is 12.6. The molecule has 0 unspecified atom stereocenters. The van der Waals surface area contributed by atoms with Crippen LogP contribution in [-0.2, 0) is 22.6 Å². The molecule has 10 heteroatoms. The largest absolute Gasteiger partial charge is 0.493 e. The first-order valence-electron chi connectivity index (χ1n) is 16.7. The lowest BCUT2D eigenvalue weighted by Gasteiger charge is -2.38. The number of carbonyl (C=O) groups is 3. The van der Waals surface area contributed by atoms with Crippen molar-refractivity contribution in [2.24, 2.45) is 0 Å². The topological polar surface area (TPSA) is 112 Å². The molecule has 0 aliphatic carbocycles. The summed E-state index contributed by atoms with van der Waals surface area (Å²) in [5.74, 6) is -0.548. The molecule has 250 valence electrons. The number of benzene rings is 4. The molecule has 4 aromatic carbocycles. The van der Waals surface area contributed by atoms with E-state index in [1.807, 2.05) is 59.5 Å². The minimum Gasteiger partial charge on any atom is -0.493 e. The van der Waals surface area contributed by atoms with Gasteiger partial charge in [0.25, 0.3) is 5.91 Å². The van der Waals surface area contributed by atoms with Gasteiger partial charge in [-0.1, -0.05) is 66.7 Å². The van der Waals surface area contributed by atoms with Gasteiger partial charge in [0, 0.05) is 63.9 Å². The zero-order valence-electron chi connectivity index (χ0n) is 27.4. The molecular formula is C39H38N4O6. The molecule has 0 spiro atoms. The summed E-state index contributed by atoms with van der Waals surface area (Å²) in [6.45, 7) is 3.48. The Bertz CT molecular complexity index is 2100. The van der Waals surface area contributed by atoms with Gasteiger partial charge >= 0.3 is 0 Å². The van der Waals surface area contributed by atoms with Crippen molar-refractivity contribution in [2.45, 2.75) is 31.8 Å². The van der Waals surface area contributed by atoms with Gasteiger partial charge in [-0.15, -0.1) is 0 Å². The van der Waals surface area contributed by atoms with Crippen LogP contribution in [0.25, 0.3) is 21.7 Å². The van der Waals surface area contributed by atoms with Crippen molar-refractivity contribution in [3.05, 3.63) is 118 Å². The van der Waals surface area contributed by atoms with Gasteiger partial charge in [-0.2, -0.15) is 0 Å². The monoisotopic (exact) mass is 658 g/mol. The second-order valence-electron chi connectivity index (χ2n) is 12.6. The fourth-order valence-corrected chi connectivity index (χ4v) is 6.87. The van der Waals surface area contributed by atoms with Crippen LogP contribution in [0.5, 0.6) is 5.75 Å². The number of amides is 3. The zero-order valence-corrected chi connectivity index (χ0v) is 27.4. The molecule has 2 aliphatic rings. The number of fused-ring (bicyclic) bond motifs is 2. The van der Waals surface area contributed by atoms with Gasteiger partial charge < -0.3 is 29.2 Å². The molecule has 7 rings (SSSR count). The summed E-state index contributed by atoms with van der Waals surface area (Å²) in [6, 6.07) is 27.3. The summed E-state index contributed by atoms with van der Waals surface area (Å²) in [5, 5.41) is 5.31. The van der Waals surface area contributed by atoms with E-state index in [0.29, 0.717) is 50.3 Å². The van der Waals surface area contributed by atoms with E-state index < -0.39 is 11.9 Å². The third kappa shape index (κ3) is 6.72. The summed E-state index contributed by atoms with van der Waals surface area (Å²) in [6.07, 6.45) is 1.74. The number of hydrogen-bond donors (Lipinski definition) is 1. The molecule has 0 saturated carbocycles. The Morgan fingerprint density at radius 3 is 2.41 bits per heavy atom. The number of nitrogens with zero attached hydrogens (tertiary/aromatic N) is 3. The Hall–Kier alpha value is -5.64. The minimum atomic E-state index is -0.910. The van der Waals surface area contributed by atoms with Crippen LogP contribution in [-0.4, -0.2) is 73.4 Å². The molecule has 2 aliphatic heterocycles. The fourth-order valence-electron chi connectivity index (χ4n) is 6.87. The number of ether oxygens (including phenoxy) is 1. The van der Waals surface area contributed by atoms with Crippen molar-refractivity contribution in [3.63, 3.8) is 0 Å². The third-order valence-corrected chi connectivity index (χ3v) is 9.48. The molecule has 1 aromatic heterocycles. The molecule has 0 radical (unpaired) electrons. The smallest absolute Gasteiger partial charge is 0.287 e. The highest BCUT2D eigenvalue weighted by Gasteiger charge is 2.31. The van der Waals surface area contributed by atoms with Crippen LogP contribution in [0.1, 0.15) is 34.5 Å². The van der Waals surface area contributed by atoms with E-state index in [1.165, 1.54) is 7.11 Å². The Morgan fingerprint density at radius 1 is 0.857 bits per heavy atom. The van der Waals surface area contributed by atoms with E-state index >= 15 is 0 Å². The van der Waals surface area contributed by atoms with E-state index in [-0.39, 0.29) is 35.0 Å². The number of likely N-dealkylation sites (tertiary alicyclic amines) is 1. The number of nitrogens with one attached hydrogen (secondary N) is 1. The summed E-state index contributed by atoms with van der Waals surface area (Å²) in [5.41, 5.74) is 2.84. The predicted octanol–water partition coefficient (Wildman–Crippen LogP) is 4.77. The van der Waals surface area contributed by atoms with Gasteiger partial charge in [-0.05, 0) is 46.5 Å². The van der Waals surface area contributed by atoms with Crippen LogP contribution in [0.4, 0.5) is 5.69 Å². The van der Waals surface area contributed by atoms with Crippen LogP contribution in [0.2, 0.25) is 0 Å². The molecule has 5 aromatic rings. The standard InChI is InChI=1S/C39H38N4O6/c1-48-34-13-6-11-30-33(44)24-35(49-37(30)34)38(46)40-31(23-26-15-16-27-8-2-3-9-28(27)22-26)39(47)42-20-18-41(19-21-42)32-12-5-4-10-29(32)25-43-17-7-14-36(43)45/h2-6,8-13,15-16,22,24,31H,7,14,17-21,23,25H2,1H3,(H,40,46)/t31-/m1/s1. The molecule has 3 amide bonds. The number of rotatable bonds is 9. The first kappa shape index (κ1) is 31.9. The summed E-state index contributed by atoms with van der Waals surface area (Å²) in [7, 11) is 1.46. The second kappa shape index (κ2) is 13.8. The molecule has 2 fully saturated rings. The Morgan fingerprint density at radius 2 is 1.63 bits per heavy atom. The van der Waals surface area contributed by atoms with Gasteiger partial charge in [0.2, 0.25) is 11.8 Å². The molecular weight excluding hydrogens is 620 g/mol. The van der Waals surface area contributed by atoms with Gasteiger partial charge in [0.05, 0.1) is 12.5 Å². The van der Waals surface area contributed by atoms with Crippen LogP contribution >= 0.6 is 0 Å². The van der Waals surface area contributed by atoms with Crippen LogP contribution in [0, 0.1) is 0 Å². The van der Waals surface area contributed by atoms with Crippen molar-refractivity contribution >= 4 is 45.2 Å². The molecule has 1 atom stereocenters. The number of anilines is 1. The van der Waals surface area contributed by atoms with Crippen LogP contribution in [0.3, 0.4) is 0 Å². The summed E-state index contributed by atoms with van der Waals surface area (Å²) < 4.78 is 11.3. The third-order valence-electron chi connectivity index (χ3n) is 9.48. The Kier molecular flexibility index (Phi) is 9.02. The Labute approximate surface area is 283 Å². The summed E-state index contributed by atoms with van der Waals surface area (Å²) >= 11 is 0. The first-order valence-corrected chi connectivity index (χ1v) is 16.7. The maximum absolute atomic E-state index is 14.2. The number of hydrogen-bond acceptors (Lipinski definition) is 7. The summed E-state index contributed by atoms with van der Waals surface area (Å²) in [4.78, 5) is 59.1. The lowest BCUT2D eigenvalue weighted by Crippen LogP contribution is -2.55. The van der Waals surface area contributed by atoms with Crippen molar-refractivity contribution in [2.75, 3.05) is 44.7 Å². The predicted molar refractivity (Wildman–Crippen MR) is 188 cm³/mol. The van der Waals surface area contributed by atoms with E-state index in [0.717, 1.165) is 46.6 Å². The highest BCUT2D eigenvalue weighted by molar-refractivity contribution is 5.97. The van der Waals surface area contributed by atoms with Crippen LogP contribution < -0.4 is 20.4 Å². The Balaban J connectivity index is 1.12. The van der Waals surface area contributed by atoms with E-state index in [2.05, 4.69) is 22.3 Å². The highest BCUT2D eigenvalue weighted by Crippen LogP contribution is 2.27. The molecule has 49 heavy (non-hydrogen) atoms. The minimum absolute atomic E-state index is 0.172. The highest BCUT2D eigenvalue weighted by atomic mass is 16.5. The zero-order chi connectivity index (χ0) is 33.9. The SMILES string of the molecule is COc1cccc2c(=O)cc(C(=O)N[C@H](Cc3ccc4ccccc4c3)C(=O)N3CCN(c4ccccc4CN4CCCC4=O)CC3)oc12. The fraction of sp³-hybridized carbons (Fsp3) is 0.282. The maximum atomic E-state index is 14.2. The molecule has 2 saturated heterocycles. The average Bonchev–Trinajstić information content (AvgIpc) is 3.54. The lowest BCUT2D eigenvalue weighted by molar-refractivity contribution is -0.133. The van der Waals surface area contributed by atoms with Gasteiger partial charge in [0.1, 0.15) is 6.04 Å². The lowest BCUT2D eigenvalue weighted by atomic mass is 10.0. The van der Waals surface area contributed by atoms with Gasteiger partial charge in [0.15, 0.2) is 22.5 Å². The number of methoxy groups -OCH3 is 1. The van der Waals surface area contributed by atoms with Crippen molar-refractivity contribution in [3.8, 4) is 5.75 Å². The van der Waals surface area contributed by atoms with E-state index in [9.17, 15) is 19.2 Å². The van der Waals surface area contributed by atoms with Gasteiger partial charge in [-0.25, -0.2) is 0 Å². The van der Waals surface area contributed by atoms with Gasteiger partial charge in [-0.3, -0.25) is 19.2 Å². The maximum Gasteiger partial charge on any atom is 0.287 e. The van der Waals surface area contributed by atoms with Crippen molar-refractivity contribution < 1.29 is 23.5 Å². The van der Waals surface area contributed by atoms with E-state index in [4.69, 9.17) is 9.15 Å².